The van der Waals surface area contributed by atoms with Crippen molar-refractivity contribution in [3.8, 4) is 5.75 Å². The average Bonchev–Trinajstić information content (AvgIpc) is 2.83. The van der Waals surface area contributed by atoms with Gasteiger partial charge in [-0.2, -0.15) is 8.78 Å². The SMILES string of the molecule is N[C@H]1C[C@H]1c1ccc(OC(F)F)cc1. The van der Waals surface area contributed by atoms with E-state index in [2.05, 4.69) is 4.74 Å². The van der Waals surface area contributed by atoms with Gasteiger partial charge in [0.25, 0.3) is 0 Å². The van der Waals surface area contributed by atoms with Crippen LogP contribution < -0.4 is 10.5 Å². The molecule has 0 amide bonds. The number of benzene rings is 1. The molecule has 4 heteroatoms. The molecule has 1 fully saturated rings. The molecule has 0 spiro atoms. The van der Waals surface area contributed by atoms with Crippen LogP contribution in [0.5, 0.6) is 5.75 Å². The summed E-state index contributed by atoms with van der Waals surface area (Å²) in [7, 11) is 0. The highest BCUT2D eigenvalue weighted by Crippen LogP contribution is 2.39. The number of alkyl halides is 2. The van der Waals surface area contributed by atoms with Crippen LogP contribution in [0.3, 0.4) is 0 Å². The van der Waals surface area contributed by atoms with Gasteiger partial charge in [0.2, 0.25) is 0 Å². The molecule has 1 aromatic carbocycles. The zero-order chi connectivity index (χ0) is 10.1. The van der Waals surface area contributed by atoms with E-state index < -0.39 is 6.61 Å². The molecule has 76 valence electrons. The summed E-state index contributed by atoms with van der Waals surface area (Å²) in [4.78, 5) is 0. The van der Waals surface area contributed by atoms with Crippen LogP contribution in [0.2, 0.25) is 0 Å². The Morgan fingerprint density at radius 1 is 1.29 bits per heavy atom. The first-order chi connectivity index (χ1) is 6.66. The minimum Gasteiger partial charge on any atom is -0.435 e. The lowest BCUT2D eigenvalue weighted by Crippen LogP contribution is -2.02. The Balaban J connectivity index is 2.03. The van der Waals surface area contributed by atoms with Gasteiger partial charge in [0.1, 0.15) is 5.75 Å². The Kier molecular flexibility index (Phi) is 2.37. The van der Waals surface area contributed by atoms with E-state index in [9.17, 15) is 8.78 Å². The van der Waals surface area contributed by atoms with Crippen molar-refractivity contribution in [2.24, 2.45) is 5.73 Å². The van der Waals surface area contributed by atoms with E-state index in [1.807, 2.05) is 0 Å². The molecule has 1 aromatic rings. The van der Waals surface area contributed by atoms with Crippen LogP contribution in [-0.2, 0) is 0 Å². The molecule has 2 N–H and O–H groups in total. The Labute approximate surface area is 80.7 Å². The second kappa shape index (κ2) is 3.53. The molecule has 0 aromatic heterocycles. The van der Waals surface area contributed by atoms with Crippen molar-refractivity contribution in [1.29, 1.82) is 0 Å². The molecular formula is C10H11F2NO. The topological polar surface area (TPSA) is 35.2 Å². The summed E-state index contributed by atoms with van der Waals surface area (Å²) < 4.78 is 27.9. The van der Waals surface area contributed by atoms with Gasteiger partial charge in [-0.05, 0) is 24.1 Å². The van der Waals surface area contributed by atoms with Crippen LogP contribution in [0.1, 0.15) is 17.9 Å². The third-order valence-electron chi connectivity index (χ3n) is 2.37. The highest BCUT2D eigenvalue weighted by molar-refractivity contribution is 5.33. The van der Waals surface area contributed by atoms with E-state index in [1.54, 1.807) is 24.3 Å². The summed E-state index contributed by atoms with van der Waals surface area (Å²) in [6, 6.07) is 6.90. The molecule has 0 aliphatic heterocycles. The third-order valence-corrected chi connectivity index (χ3v) is 2.37. The molecule has 0 heterocycles. The highest BCUT2D eigenvalue weighted by Gasteiger charge is 2.34. The lowest BCUT2D eigenvalue weighted by atomic mass is 10.1. The fourth-order valence-electron chi connectivity index (χ4n) is 1.49. The summed E-state index contributed by atoms with van der Waals surface area (Å²) in [6.07, 6.45) is 0.981. The zero-order valence-corrected chi connectivity index (χ0v) is 7.49. The summed E-state index contributed by atoms with van der Waals surface area (Å²) in [5, 5.41) is 0. The minimum absolute atomic E-state index is 0.193. The Bertz CT molecular complexity index is 312. The van der Waals surface area contributed by atoms with Gasteiger partial charge in [0, 0.05) is 12.0 Å². The molecule has 1 saturated carbocycles. The van der Waals surface area contributed by atoms with Gasteiger partial charge < -0.3 is 10.5 Å². The van der Waals surface area contributed by atoms with Crippen LogP contribution in [-0.4, -0.2) is 12.7 Å². The maximum absolute atomic E-state index is 11.8. The fraction of sp³-hybridized carbons (Fsp3) is 0.400. The van der Waals surface area contributed by atoms with E-state index in [0.29, 0.717) is 5.92 Å². The second-order valence-corrected chi connectivity index (χ2v) is 3.45. The number of hydrogen-bond donors (Lipinski definition) is 1. The maximum Gasteiger partial charge on any atom is 0.387 e. The first-order valence-corrected chi connectivity index (χ1v) is 4.47. The minimum atomic E-state index is -2.76. The highest BCUT2D eigenvalue weighted by atomic mass is 19.3. The van der Waals surface area contributed by atoms with Gasteiger partial charge in [0.15, 0.2) is 0 Å². The first kappa shape index (κ1) is 9.40. The van der Waals surface area contributed by atoms with Crippen molar-refractivity contribution in [3.63, 3.8) is 0 Å². The van der Waals surface area contributed by atoms with E-state index in [0.717, 1.165) is 12.0 Å². The lowest BCUT2D eigenvalue weighted by molar-refractivity contribution is -0.0498. The molecule has 2 nitrogen and oxygen atoms in total. The molecule has 1 aliphatic rings. The fourth-order valence-corrected chi connectivity index (χ4v) is 1.49. The standard InChI is InChI=1S/C10H11F2NO/c11-10(12)14-7-3-1-6(2-4-7)8-5-9(8)13/h1-4,8-10H,5,13H2/t8-,9-/m0/s1. The molecule has 0 bridgehead atoms. The molecule has 2 rings (SSSR count). The van der Waals surface area contributed by atoms with Crippen LogP contribution in [0.4, 0.5) is 8.78 Å². The van der Waals surface area contributed by atoms with Crippen LogP contribution in [0, 0.1) is 0 Å². The van der Waals surface area contributed by atoms with Crippen LogP contribution >= 0.6 is 0 Å². The molecule has 0 radical (unpaired) electrons. The van der Waals surface area contributed by atoms with Gasteiger partial charge in [-0.15, -0.1) is 0 Å². The predicted molar refractivity (Wildman–Crippen MR) is 48.4 cm³/mol. The van der Waals surface area contributed by atoms with Crippen molar-refractivity contribution >= 4 is 0 Å². The Morgan fingerprint density at radius 3 is 2.29 bits per heavy atom. The number of hydrogen-bond acceptors (Lipinski definition) is 2. The molecular weight excluding hydrogens is 188 g/mol. The van der Waals surface area contributed by atoms with Gasteiger partial charge in [0.05, 0.1) is 0 Å². The zero-order valence-electron chi connectivity index (χ0n) is 7.49. The van der Waals surface area contributed by atoms with Gasteiger partial charge in [-0.1, -0.05) is 12.1 Å². The summed E-state index contributed by atoms with van der Waals surface area (Å²) >= 11 is 0. The largest absolute Gasteiger partial charge is 0.435 e. The van der Waals surface area contributed by atoms with Crippen molar-refractivity contribution < 1.29 is 13.5 Å². The van der Waals surface area contributed by atoms with E-state index in [-0.39, 0.29) is 11.8 Å². The molecule has 1 aliphatic carbocycles. The monoisotopic (exact) mass is 199 g/mol. The summed E-state index contributed by atoms with van der Waals surface area (Å²) in [5.41, 5.74) is 6.76. The predicted octanol–water partition coefficient (Wildman–Crippen LogP) is 2.10. The van der Waals surface area contributed by atoms with Crippen molar-refractivity contribution in [2.75, 3.05) is 0 Å². The molecule has 0 unspecified atom stereocenters. The second-order valence-electron chi connectivity index (χ2n) is 3.45. The smallest absolute Gasteiger partial charge is 0.387 e. The summed E-state index contributed by atoms with van der Waals surface area (Å²) in [5.74, 6) is 0.591. The Hall–Kier alpha value is -1.16. The van der Waals surface area contributed by atoms with Gasteiger partial charge >= 0.3 is 6.61 Å². The van der Waals surface area contributed by atoms with Crippen LogP contribution in [0.25, 0.3) is 0 Å². The lowest BCUT2D eigenvalue weighted by Gasteiger charge is -2.04. The average molecular weight is 199 g/mol. The number of halogens is 2. The van der Waals surface area contributed by atoms with E-state index in [4.69, 9.17) is 5.73 Å². The number of rotatable bonds is 3. The van der Waals surface area contributed by atoms with Crippen molar-refractivity contribution in [1.82, 2.24) is 0 Å². The molecule has 2 atom stereocenters. The Morgan fingerprint density at radius 2 is 1.86 bits per heavy atom. The van der Waals surface area contributed by atoms with Crippen molar-refractivity contribution in [3.05, 3.63) is 29.8 Å². The maximum atomic E-state index is 11.8. The quantitative estimate of drug-likeness (QED) is 0.809. The van der Waals surface area contributed by atoms with Crippen LogP contribution in [0.15, 0.2) is 24.3 Å². The third kappa shape index (κ3) is 2.01. The van der Waals surface area contributed by atoms with E-state index in [1.165, 1.54) is 0 Å². The number of nitrogens with two attached hydrogens (primary N) is 1. The van der Waals surface area contributed by atoms with E-state index >= 15 is 0 Å². The number of ether oxygens (including phenoxy) is 1. The summed E-state index contributed by atoms with van der Waals surface area (Å²) in [6.45, 7) is -2.76. The van der Waals surface area contributed by atoms with Gasteiger partial charge in [-0.3, -0.25) is 0 Å². The first-order valence-electron chi connectivity index (χ1n) is 4.47. The van der Waals surface area contributed by atoms with Gasteiger partial charge in [-0.25, -0.2) is 0 Å². The molecule has 0 saturated heterocycles. The molecule has 14 heavy (non-hydrogen) atoms. The normalized spacial score (nSPS) is 25.1. The van der Waals surface area contributed by atoms with Crippen molar-refractivity contribution in [2.45, 2.75) is 25.0 Å².